The van der Waals surface area contributed by atoms with Crippen molar-refractivity contribution in [3.63, 3.8) is 0 Å². The number of benzene rings is 1. The Morgan fingerprint density at radius 3 is 2.62 bits per heavy atom. The van der Waals surface area contributed by atoms with Gasteiger partial charge in [0.15, 0.2) is 5.78 Å². The number of ketones is 1. The Labute approximate surface area is 171 Å². The molecule has 0 bridgehead atoms. The third-order valence-electron chi connectivity index (χ3n) is 4.48. The Balaban J connectivity index is 1.85. The number of hydrogen-bond acceptors (Lipinski definition) is 8. The number of Topliss-reactive ketones (excluding diaryl/α,β-unsaturated/α-hetero) is 1. The number of anilines is 1. The molecule has 3 unspecified atom stereocenters. The number of aliphatic carboxylic acids is 1. The number of carbonyl (C=O) groups excluding carboxylic acids is 2. The van der Waals surface area contributed by atoms with Crippen LogP contribution in [0, 0.1) is 5.92 Å². The summed E-state index contributed by atoms with van der Waals surface area (Å²) in [5.41, 5.74) is 12.4. The molecule has 0 aromatic heterocycles. The monoisotopic (exact) mass is 440 g/mol. The maximum atomic E-state index is 12.9. The number of carboxylic acids is 1. The second-order valence-electron chi connectivity index (χ2n) is 7.09. The van der Waals surface area contributed by atoms with E-state index in [2.05, 4.69) is 4.72 Å². The predicted octanol–water partition coefficient (Wildman–Crippen LogP) is -0.198. The minimum atomic E-state index is -3.52. The second-order valence-corrected chi connectivity index (χ2v) is 10.4. The van der Waals surface area contributed by atoms with Gasteiger partial charge < -0.3 is 16.6 Å². The highest BCUT2D eigenvalue weighted by molar-refractivity contribution is 8.01. The van der Waals surface area contributed by atoms with Gasteiger partial charge in [0.2, 0.25) is 15.9 Å². The number of hydrogen-bond donors (Lipinski definition) is 4. The molecule has 6 N–H and O–H groups in total. The van der Waals surface area contributed by atoms with E-state index >= 15 is 0 Å². The molecule has 0 aliphatic carbocycles. The van der Waals surface area contributed by atoms with Crippen LogP contribution < -0.4 is 16.2 Å². The number of carbonyl (C=O) groups is 3. The summed E-state index contributed by atoms with van der Waals surface area (Å²) in [5, 5.41) is 8.58. The summed E-state index contributed by atoms with van der Waals surface area (Å²) in [4.78, 5) is 36.9. The lowest BCUT2D eigenvalue weighted by molar-refractivity contribution is -0.157. The highest BCUT2D eigenvalue weighted by Crippen LogP contribution is 2.48. The maximum absolute atomic E-state index is 12.9. The third kappa shape index (κ3) is 4.15. The molecule has 0 radical (unpaired) electrons. The molecule has 12 heteroatoms. The van der Waals surface area contributed by atoms with Crippen molar-refractivity contribution in [1.82, 2.24) is 4.90 Å². The van der Waals surface area contributed by atoms with Crippen molar-refractivity contribution >= 4 is 45.1 Å². The van der Waals surface area contributed by atoms with E-state index in [1.165, 1.54) is 24.3 Å². The number of nitrogens with one attached hydrogen (secondary N) is 1. The molecule has 1 fully saturated rings. The number of sulfonamides is 1. The summed E-state index contributed by atoms with van der Waals surface area (Å²) in [6.07, 6.45) is 2.26. The van der Waals surface area contributed by atoms with Gasteiger partial charge in [-0.15, -0.1) is 11.8 Å². The van der Waals surface area contributed by atoms with Crippen LogP contribution in [0.2, 0.25) is 0 Å². The van der Waals surface area contributed by atoms with Gasteiger partial charge in [0, 0.05) is 5.69 Å². The molecule has 4 atom stereocenters. The van der Waals surface area contributed by atoms with Crippen molar-refractivity contribution in [3.8, 4) is 0 Å². The molecular formula is C17H20N4O6S2. The Kier molecular flexibility index (Phi) is 5.24. The average molecular weight is 441 g/mol. The number of amides is 1. The number of fused-ring (bicyclic) bond motifs is 1. The highest BCUT2D eigenvalue weighted by atomic mass is 32.2. The van der Waals surface area contributed by atoms with Gasteiger partial charge >= 0.3 is 5.97 Å². The lowest BCUT2D eigenvalue weighted by Gasteiger charge is -2.51. The quantitative estimate of drug-likeness (QED) is 0.345. The molecule has 156 valence electrons. The number of thioether (sulfide) groups is 1. The molecule has 29 heavy (non-hydrogen) atoms. The van der Waals surface area contributed by atoms with Crippen molar-refractivity contribution in [1.29, 1.82) is 0 Å². The average Bonchev–Trinajstić information content (AvgIpc) is 2.58. The van der Waals surface area contributed by atoms with E-state index in [0.29, 0.717) is 5.56 Å². The van der Waals surface area contributed by atoms with E-state index in [1.54, 1.807) is 13.0 Å². The van der Waals surface area contributed by atoms with Gasteiger partial charge in [0.1, 0.15) is 17.0 Å². The maximum Gasteiger partial charge on any atom is 0.352 e. The Hall–Kier alpha value is -2.41. The number of nitrogens with zero attached hydrogens (tertiary/aromatic N) is 1. The molecule has 1 saturated heterocycles. The van der Waals surface area contributed by atoms with Gasteiger partial charge in [-0.2, -0.15) is 0 Å². The smallest absolute Gasteiger partial charge is 0.352 e. The van der Waals surface area contributed by atoms with Gasteiger partial charge in [-0.1, -0.05) is 12.1 Å². The summed E-state index contributed by atoms with van der Waals surface area (Å²) in [6.45, 7) is 1.59. The van der Waals surface area contributed by atoms with Crippen molar-refractivity contribution in [2.45, 2.75) is 23.2 Å². The van der Waals surface area contributed by atoms with E-state index in [0.717, 1.165) is 22.9 Å². The number of carboxylic acid groups (broad SMARTS) is 1. The van der Waals surface area contributed by atoms with Gasteiger partial charge in [0.25, 0.3) is 0 Å². The lowest BCUT2D eigenvalue weighted by Crippen LogP contribution is -2.66. The molecule has 2 aliphatic heterocycles. The first-order valence-electron chi connectivity index (χ1n) is 8.44. The van der Waals surface area contributed by atoms with Crippen LogP contribution in [0.4, 0.5) is 5.69 Å². The second kappa shape index (κ2) is 7.13. The predicted molar refractivity (Wildman–Crippen MR) is 107 cm³/mol. The molecule has 0 spiro atoms. The van der Waals surface area contributed by atoms with Crippen LogP contribution >= 0.6 is 11.8 Å². The molecule has 10 nitrogen and oxygen atoms in total. The SMILES string of the molecule is CC1(N)C=C(C(=O)O)N2C(=O)C(C(=O)C(N)c3cccc(NS(C)(=O)=O)c3)[C@H]2S1. The molecule has 1 amide bonds. The number of nitrogens with two attached hydrogens (primary N) is 2. The van der Waals surface area contributed by atoms with Crippen LogP contribution in [-0.2, 0) is 24.4 Å². The van der Waals surface area contributed by atoms with Gasteiger partial charge in [-0.05, 0) is 30.7 Å². The number of β-lactam (4-membered cyclic amide) rings is 1. The van der Waals surface area contributed by atoms with Gasteiger partial charge in [-0.3, -0.25) is 19.2 Å². The highest BCUT2D eigenvalue weighted by Gasteiger charge is 2.58. The largest absolute Gasteiger partial charge is 0.477 e. The third-order valence-corrected chi connectivity index (χ3v) is 6.44. The fraction of sp³-hybridized carbons (Fsp3) is 0.353. The summed E-state index contributed by atoms with van der Waals surface area (Å²) >= 11 is 1.10. The zero-order valence-electron chi connectivity index (χ0n) is 15.5. The van der Waals surface area contributed by atoms with Gasteiger partial charge in [-0.25, -0.2) is 13.2 Å². The number of rotatable bonds is 6. The molecular weight excluding hydrogens is 420 g/mol. The summed E-state index contributed by atoms with van der Waals surface area (Å²) in [6, 6.07) is 4.78. The van der Waals surface area contributed by atoms with Crippen LogP contribution in [0.1, 0.15) is 18.5 Å². The van der Waals surface area contributed by atoms with Crippen molar-refractivity contribution in [2.24, 2.45) is 17.4 Å². The molecule has 2 aliphatic rings. The Morgan fingerprint density at radius 2 is 2.03 bits per heavy atom. The zero-order chi connectivity index (χ0) is 21.7. The summed E-state index contributed by atoms with van der Waals surface area (Å²) in [5.74, 6) is -3.71. The first-order chi connectivity index (χ1) is 13.3. The molecule has 0 saturated carbocycles. The van der Waals surface area contributed by atoms with Crippen LogP contribution in [0.25, 0.3) is 0 Å². The van der Waals surface area contributed by atoms with Crippen LogP contribution in [0.5, 0.6) is 0 Å². The topological polar surface area (TPSA) is 173 Å². The first kappa shape index (κ1) is 21.3. The van der Waals surface area contributed by atoms with Crippen LogP contribution in [0.15, 0.2) is 36.0 Å². The van der Waals surface area contributed by atoms with E-state index < -0.39 is 49.9 Å². The minimum Gasteiger partial charge on any atom is -0.477 e. The fourth-order valence-corrected chi connectivity index (χ4v) is 5.23. The van der Waals surface area contributed by atoms with E-state index in [4.69, 9.17) is 11.5 Å². The molecule has 1 aromatic rings. The van der Waals surface area contributed by atoms with E-state index in [1.807, 2.05) is 0 Å². The van der Waals surface area contributed by atoms with Crippen LogP contribution in [0.3, 0.4) is 0 Å². The van der Waals surface area contributed by atoms with Crippen molar-refractivity contribution in [2.75, 3.05) is 11.0 Å². The van der Waals surface area contributed by atoms with Crippen LogP contribution in [-0.4, -0.2) is 52.6 Å². The zero-order valence-corrected chi connectivity index (χ0v) is 17.2. The molecule has 1 aromatic carbocycles. The molecule has 2 heterocycles. The summed E-state index contributed by atoms with van der Waals surface area (Å²) in [7, 11) is -3.52. The van der Waals surface area contributed by atoms with E-state index in [-0.39, 0.29) is 11.4 Å². The Morgan fingerprint density at radius 1 is 1.38 bits per heavy atom. The Bertz CT molecular complexity index is 1040. The lowest BCUT2D eigenvalue weighted by atomic mass is 9.86. The normalized spacial score (nSPS) is 27.4. The van der Waals surface area contributed by atoms with Crippen molar-refractivity contribution < 1.29 is 27.9 Å². The standard InChI is InChI=1S/C17H20N4O6S2/c1-17(19)7-10(16(24)25)21-14(23)11(15(21)28-17)13(22)12(18)8-4-3-5-9(6-8)20-29(2,26)27/h3-7,11-12,15,20H,18-19H2,1-2H3,(H,24,25)/t11?,12?,15-,17?/m1/s1. The summed E-state index contributed by atoms with van der Waals surface area (Å²) < 4.78 is 25.1. The van der Waals surface area contributed by atoms with Gasteiger partial charge in [0.05, 0.1) is 17.2 Å². The molecule has 3 rings (SSSR count). The van der Waals surface area contributed by atoms with E-state index in [9.17, 15) is 27.9 Å². The first-order valence-corrected chi connectivity index (χ1v) is 11.2. The van der Waals surface area contributed by atoms with Crippen molar-refractivity contribution in [3.05, 3.63) is 41.6 Å². The minimum absolute atomic E-state index is 0.229. The fourth-order valence-electron chi connectivity index (χ4n) is 3.27.